The minimum atomic E-state index is -3.85. The molecule has 1 aromatic carbocycles. The summed E-state index contributed by atoms with van der Waals surface area (Å²) in [6.07, 6.45) is 1.09. The SMILES string of the molecule is NC(=O)CCCCNS(=O)(=O)c1ccc([N+](=O)[O-])cc1N. The second-order valence-electron chi connectivity index (χ2n) is 4.30. The quantitative estimate of drug-likeness (QED) is 0.267. The first-order valence-corrected chi connectivity index (χ1v) is 7.54. The number of primary amides is 1. The highest BCUT2D eigenvalue weighted by molar-refractivity contribution is 7.89. The molecule has 9 nitrogen and oxygen atoms in total. The fourth-order valence-corrected chi connectivity index (χ4v) is 2.79. The zero-order valence-electron chi connectivity index (χ0n) is 11.1. The molecule has 0 aliphatic carbocycles. The molecule has 0 heterocycles. The van der Waals surface area contributed by atoms with Gasteiger partial charge in [-0.1, -0.05) is 0 Å². The third-order valence-corrected chi connectivity index (χ3v) is 4.17. The standard InChI is InChI=1S/C11H16N4O5S/c12-9-7-8(15(17)18)4-5-10(9)21(19,20)14-6-2-1-3-11(13)16/h4-5,7,14H,1-3,6,12H2,(H2,13,16). The van der Waals surface area contributed by atoms with Crippen LogP contribution in [0.2, 0.25) is 0 Å². The average Bonchev–Trinajstić information content (AvgIpc) is 2.37. The van der Waals surface area contributed by atoms with Crippen LogP contribution in [0.5, 0.6) is 0 Å². The summed E-state index contributed by atoms with van der Waals surface area (Å²) in [4.78, 5) is 20.2. The van der Waals surface area contributed by atoms with Crippen LogP contribution < -0.4 is 16.2 Å². The lowest BCUT2D eigenvalue weighted by Gasteiger charge is -2.08. The molecule has 0 aromatic heterocycles. The summed E-state index contributed by atoms with van der Waals surface area (Å²) >= 11 is 0. The number of carbonyl (C=O) groups excluding carboxylic acids is 1. The van der Waals surface area contributed by atoms with Crippen LogP contribution in [0.15, 0.2) is 23.1 Å². The highest BCUT2D eigenvalue weighted by Crippen LogP contribution is 2.23. The normalized spacial score (nSPS) is 11.2. The van der Waals surface area contributed by atoms with Crippen molar-refractivity contribution in [3.05, 3.63) is 28.3 Å². The van der Waals surface area contributed by atoms with Crippen molar-refractivity contribution in [3.8, 4) is 0 Å². The van der Waals surface area contributed by atoms with Gasteiger partial charge in [0.15, 0.2) is 0 Å². The number of hydrogen-bond acceptors (Lipinski definition) is 6. The number of unbranched alkanes of at least 4 members (excludes halogenated alkanes) is 1. The van der Waals surface area contributed by atoms with Gasteiger partial charge in [0.25, 0.3) is 5.69 Å². The summed E-state index contributed by atoms with van der Waals surface area (Å²) < 4.78 is 26.3. The van der Waals surface area contributed by atoms with Crippen LogP contribution in [-0.2, 0) is 14.8 Å². The van der Waals surface area contributed by atoms with Crippen molar-refractivity contribution in [3.63, 3.8) is 0 Å². The minimum Gasteiger partial charge on any atom is -0.397 e. The number of nitro benzene ring substituents is 1. The van der Waals surface area contributed by atoms with E-state index in [4.69, 9.17) is 11.5 Å². The first-order valence-electron chi connectivity index (χ1n) is 6.06. The predicted octanol–water partition coefficient (Wildman–Crippen LogP) is 0.111. The summed E-state index contributed by atoms with van der Waals surface area (Å²) in [6, 6.07) is 3.14. The number of nitrogens with two attached hydrogens (primary N) is 2. The molecule has 0 fully saturated rings. The molecule has 0 aliphatic heterocycles. The van der Waals surface area contributed by atoms with Gasteiger partial charge < -0.3 is 11.5 Å². The van der Waals surface area contributed by atoms with Crippen molar-refractivity contribution in [2.24, 2.45) is 5.73 Å². The van der Waals surface area contributed by atoms with Gasteiger partial charge in [0, 0.05) is 25.1 Å². The summed E-state index contributed by atoms with van der Waals surface area (Å²) in [5.41, 5.74) is 10.0. The first-order chi connectivity index (χ1) is 9.74. The van der Waals surface area contributed by atoms with Crippen LogP contribution >= 0.6 is 0 Å². The largest absolute Gasteiger partial charge is 0.397 e. The third kappa shape index (κ3) is 5.00. The van der Waals surface area contributed by atoms with Gasteiger partial charge in [-0.3, -0.25) is 14.9 Å². The molecule has 1 rings (SSSR count). The van der Waals surface area contributed by atoms with Gasteiger partial charge >= 0.3 is 0 Å². The van der Waals surface area contributed by atoms with Gasteiger partial charge in [-0.05, 0) is 18.9 Å². The van der Waals surface area contributed by atoms with Crippen LogP contribution in [0.25, 0.3) is 0 Å². The lowest BCUT2D eigenvalue weighted by Crippen LogP contribution is -2.26. The Hall–Kier alpha value is -2.20. The number of sulfonamides is 1. The van der Waals surface area contributed by atoms with Crippen molar-refractivity contribution >= 4 is 27.3 Å². The number of nitro groups is 1. The Bertz CT molecular complexity index is 644. The molecule has 116 valence electrons. The molecule has 0 aliphatic rings. The van der Waals surface area contributed by atoms with Gasteiger partial charge in [-0.15, -0.1) is 0 Å². The number of nitrogens with zero attached hydrogens (tertiary/aromatic N) is 1. The summed E-state index contributed by atoms with van der Waals surface area (Å²) in [5, 5.41) is 10.6. The van der Waals surface area contributed by atoms with Crippen LogP contribution in [0, 0.1) is 10.1 Å². The van der Waals surface area contributed by atoms with Gasteiger partial charge in [0.1, 0.15) is 4.90 Å². The number of carbonyl (C=O) groups is 1. The monoisotopic (exact) mass is 316 g/mol. The molecule has 21 heavy (non-hydrogen) atoms. The molecule has 10 heteroatoms. The van der Waals surface area contributed by atoms with E-state index in [9.17, 15) is 23.3 Å². The van der Waals surface area contributed by atoms with Crippen LogP contribution in [0.4, 0.5) is 11.4 Å². The minimum absolute atomic E-state index is 0.117. The Labute approximate surface area is 121 Å². The van der Waals surface area contributed by atoms with E-state index in [1.807, 2.05) is 0 Å². The number of nitrogen functional groups attached to an aromatic ring is 1. The molecule has 0 atom stereocenters. The van der Waals surface area contributed by atoms with E-state index < -0.39 is 20.9 Å². The summed E-state index contributed by atoms with van der Waals surface area (Å²) in [6.45, 7) is 0.117. The second kappa shape index (κ2) is 6.99. The molecular weight excluding hydrogens is 300 g/mol. The Morgan fingerprint density at radius 1 is 1.33 bits per heavy atom. The number of anilines is 1. The maximum absolute atomic E-state index is 12.0. The van der Waals surface area contributed by atoms with Crippen molar-refractivity contribution < 1.29 is 18.1 Å². The van der Waals surface area contributed by atoms with Crippen LogP contribution in [0.1, 0.15) is 19.3 Å². The Morgan fingerprint density at radius 3 is 2.52 bits per heavy atom. The number of rotatable bonds is 8. The van der Waals surface area contributed by atoms with Crippen LogP contribution in [-0.4, -0.2) is 25.8 Å². The maximum atomic E-state index is 12.0. The van der Waals surface area contributed by atoms with E-state index in [-0.39, 0.29) is 29.2 Å². The summed E-state index contributed by atoms with van der Waals surface area (Å²) in [5.74, 6) is -0.447. The number of amides is 1. The van der Waals surface area contributed by atoms with E-state index >= 15 is 0 Å². The molecule has 0 saturated heterocycles. The lowest BCUT2D eigenvalue weighted by atomic mass is 10.2. The van der Waals surface area contributed by atoms with Gasteiger partial charge in [0.2, 0.25) is 15.9 Å². The predicted molar refractivity (Wildman–Crippen MR) is 75.7 cm³/mol. The maximum Gasteiger partial charge on any atom is 0.271 e. The fourth-order valence-electron chi connectivity index (χ4n) is 1.60. The highest BCUT2D eigenvalue weighted by Gasteiger charge is 2.19. The van der Waals surface area contributed by atoms with E-state index in [0.29, 0.717) is 12.8 Å². The van der Waals surface area contributed by atoms with Crippen molar-refractivity contribution in [2.75, 3.05) is 12.3 Å². The smallest absolute Gasteiger partial charge is 0.271 e. The molecule has 1 amide bonds. The zero-order valence-corrected chi connectivity index (χ0v) is 11.9. The summed E-state index contributed by atoms with van der Waals surface area (Å²) in [7, 11) is -3.85. The zero-order chi connectivity index (χ0) is 16.0. The number of benzene rings is 1. The molecule has 1 aromatic rings. The lowest BCUT2D eigenvalue weighted by molar-refractivity contribution is -0.384. The Kier molecular flexibility index (Phi) is 5.61. The highest BCUT2D eigenvalue weighted by atomic mass is 32.2. The van der Waals surface area contributed by atoms with Crippen molar-refractivity contribution in [1.29, 1.82) is 0 Å². The van der Waals surface area contributed by atoms with Gasteiger partial charge in [-0.2, -0.15) is 0 Å². The Balaban J connectivity index is 2.70. The van der Waals surface area contributed by atoms with Gasteiger partial charge in [0.05, 0.1) is 10.6 Å². The first kappa shape index (κ1) is 16.9. The number of hydrogen-bond donors (Lipinski definition) is 3. The molecule has 0 spiro atoms. The third-order valence-electron chi connectivity index (χ3n) is 2.64. The van der Waals surface area contributed by atoms with E-state index in [1.54, 1.807) is 0 Å². The molecule has 5 N–H and O–H groups in total. The van der Waals surface area contributed by atoms with E-state index in [2.05, 4.69) is 4.72 Å². The van der Waals surface area contributed by atoms with Crippen molar-refractivity contribution in [2.45, 2.75) is 24.2 Å². The molecule has 0 unspecified atom stereocenters. The van der Waals surface area contributed by atoms with Crippen molar-refractivity contribution in [1.82, 2.24) is 4.72 Å². The molecule has 0 bridgehead atoms. The molecular formula is C11H16N4O5S. The topological polar surface area (TPSA) is 158 Å². The second-order valence-corrected chi connectivity index (χ2v) is 6.04. The number of non-ortho nitro benzene ring substituents is 1. The fraction of sp³-hybridized carbons (Fsp3) is 0.364. The van der Waals surface area contributed by atoms with E-state index in [1.165, 1.54) is 0 Å². The van der Waals surface area contributed by atoms with E-state index in [0.717, 1.165) is 18.2 Å². The van der Waals surface area contributed by atoms with Gasteiger partial charge in [-0.25, -0.2) is 13.1 Å². The number of nitrogens with one attached hydrogen (secondary N) is 1. The average molecular weight is 316 g/mol. The molecule has 0 radical (unpaired) electrons. The molecule has 0 saturated carbocycles. The van der Waals surface area contributed by atoms with Crippen LogP contribution in [0.3, 0.4) is 0 Å². The Morgan fingerprint density at radius 2 is 2.00 bits per heavy atom.